The van der Waals surface area contributed by atoms with Crippen LogP contribution in [0, 0.1) is 0 Å². The minimum absolute atomic E-state index is 0.257. The summed E-state index contributed by atoms with van der Waals surface area (Å²) < 4.78 is 11.0. The molecule has 3 aromatic rings. The summed E-state index contributed by atoms with van der Waals surface area (Å²) in [7, 11) is 0. The molecule has 0 aliphatic carbocycles. The van der Waals surface area contributed by atoms with Crippen LogP contribution in [0.2, 0.25) is 5.02 Å². The van der Waals surface area contributed by atoms with Crippen molar-refractivity contribution in [3.8, 4) is 22.6 Å². The van der Waals surface area contributed by atoms with E-state index in [2.05, 4.69) is 5.32 Å². The molecule has 0 unspecified atom stereocenters. The summed E-state index contributed by atoms with van der Waals surface area (Å²) in [6.07, 6.45) is 0. The maximum absolute atomic E-state index is 12.8. The highest BCUT2D eigenvalue weighted by atomic mass is 35.5. The molecule has 0 atom stereocenters. The number of anilines is 1. The highest BCUT2D eigenvalue weighted by molar-refractivity contribution is 6.32. The maximum Gasteiger partial charge on any atom is 0.255 e. The zero-order chi connectivity index (χ0) is 17.9. The highest BCUT2D eigenvalue weighted by Crippen LogP contribution is 2.38. The third-order valence-electron chi connectivity index (χ3n) is 4.12. The number of rotatable bonds is 3. The average Bonchev–Trinajstić information content (AvgIpc) is 2.69. The van der Waals surface area contributed by atoms with E-state index in [1.165, 1.54) is 0 Å². The van der Waals surface area contributed by atoms with Crippen LogP contribution in [0.3, 0.4) is 0 Å². The Bertz CT molecular complexity index is 957. The normalized spacial score (nSPS) is 12.5. The molecule has 1 aliphatic rings. The van der Waals surface area contributed by atoms with Gasteiger partial charge in [0, 0.05) is 16.8 Å². The Balaban J connectivity index is 1.65. The number of halogens is 1. The van der Waals surface area contributed by atoms with Crippen LogP contribution < -0.4 is 14.8 Å². The quantitative estimate of drug-likeness (QED) is 0.708. The first-order valence-electron chi connectivity index (χ1n) is 8.27. The van der Waals surface area contributed by atoms with Gasteiger partial charge >= 0.3 is 0 Å². The van der Waals surface area contributed by atoms with Gasteiger partial charge in [-0.25, -0.2) is 0 Å². The van der Waals surface area contributed by atoms with E-state index in [4.69, 9.17) is 21.1 Å². The lowest BCUT2D eigenvalue weighted by atomic mass is 10.0. The molecule has 0 saturated carbocycles. The summed E-state index contributed by atoms with van der Waals surface area (Å²) in [5.74, 6) is 0.719. The summed E-state index contributed by atoms with van der Waals surface area (Å²) in [5.41, 5.74) is 3.13. The van der Waals surface area contributed by atoms with Gasteiger partial charge in [-0.05, 0) is 23.8 Å². The molecule has 0 bridgehead atoms. The molecule has 1 amide bonds. The number of ether oxygens (including phenoxy) is 2. The van der Waals surface area contributed by atoms with E-state index >= 15 is 0 Å². The fourth-order valence-corrected chi connectivity index (χ4v) is 3.16. The Hall–Kier alpha value is -2.98. The average molecular weight is 366 g/mol. The number of amides is 1. The Morgan fingerprint density at radius 3 is 2.50 bits per heavy atom. The third kappa shape index (κ3) is 3.24. The standard InChI is InChI=1S/C21H16ClNO3/c22-17-12-15(13-19-20(17)26-11-10-25-19)21(24)23-18-9-5-4-8-16(18)14-6-2-1-3-7-14/h1-9,12-13H,10-11H2,(H,23,24). The van der Waals surface area contributed by atoms with Gasteiger partial charge in [-0.3, -0.25) is 4.79 Å². The second-order valence-corrected chi connectivity index (χ2v) is 6.26. The summed E-state index contributed by atoms with van der Waals surface area (Å²) in [6.45, 7) is 0.883. The number of benzene rings is 3. The molecule has 3 aromatic carbocycles. The maximum atomic E-state index is 12.8. The molecule has 0 spiro atoms. The van der Waals surface area contributed by atoms with Crippen LogP contribution in [0.25, 0.3) is 11.1 Å². The van der Waals surface area contributed by atoms with Crippen LogP contribution in [0.4, 0.5) is 5.69 Å². The molecule has 0 saturated heterocycles. The Morgan fingerprint density at radius 2 is 1.65 bits per heavy atom. The van der Waals surface area contributed by atoms with Crippen molar-refractivity contribution in [1.82, 2.24) is 0 Å². The Labute approximate surface area is 156 Å². The van der Waals surface area contributed by atoms with Gasteiger partial charge in [-0.1, -0.05) is 60.1 Å². The van der Waals surface area contributed by atoms with E-state index < -0.39 is 0 Å². The molecule has 1 aliphatic heterocycles. The van der Waals surface area contributed by atoms with Gasteiger partial charge in [0.15, 0.2) is 11.5 Å². The first-order chi connectivity index (χ1) is 12.7. The van der Waals surface area contributed by atoms with Crippen molar-refractivity contribution in [3.63, 3.8) is 0 Å². The molecule has 5 heteroatoms. The first kappa shape index (κ1) is 16.5. The van der Waals surface area contributed by atoms with Crippen molar-refractivity contribution in [2.24, 2.45) is 0 Å². The van der Waals surface area contributed by atoms with Crippen molar-refractivity contribution < 1.29 is 14.3 Å². The molecule has 26 heavy (non-hydrogen) atoms. The summed E-state index contributed by atoms with van der Waals surface area (Å²) >= 11 is 6.24. The molecule has 0 radical (unpaired) electrons. The Kier molecular flexibility index (Phi) is 4.50. The highest BCUT2D eigenvalue weighted by Gasteiger charge is 2.20. The fraction of sp³-hybridized carbons (Fsp3) is 0.0952. The number of carbonyl (C=O) groups is 1. The van der Waals surface area contributed by atoms with Crippen LogP contribution >= 0.6 is 11.6 Å². The monoisotopic (exact) mass is 365 g/mol. The van der Waals surface area contributed by atoms with Gasteiger partial charge in [0.25, 0.3) is 5.91 Å². The predicted molar refractivity (Wildman–Crippen MR) is 102 cm³/mol. The van der Waals surface area contributed by atoms with Crippen molar-refractivity contribution in [2.45, 2.75) is 0 Å². The SMILES string of the molecule is O=C(Nc1ccccc1-c1ccccc1)c1cc(Cl)c2c(c1)OCCO2. The van der Waals surface area contributed by atoms with Gasteiger partial charge in [0.2, 0.25) is 0 Å². The van der Waals surface area contributed by atoms with E-state index in [-0.39, 0.29) is 5.91 Å². The predicted octanol–water partition coefficient (Wildman–Crippen LogP) is 5.03. The second kappa shape index (κ2) is 7.10. The summed E-state index contributed by atoms with van der Waals surface area (Å²) in [4.78, 5) is 12.8. The zero-order valence-corrected chi connectivity index (χ0v) is 14.6. The molecule has 1 N–H and O–H groups in total. The van der Waals surface area contributed by atoms with Crippen LogP contribution in [-0.4, -0.2) is 19.1 Å². The van der Waals surface area contributed by atoms with Crippen LogP contribution in [0.1, 0.15) is 10.4 Å². The van der Waals surface area contributed by atoms with Crippen LogP contribution in [-0.2, 0) is 0 Å². The largest absolute Gasteiger partial charge is 0.486 e. The molecular formula is C21H16ClNO3. The first-order valence-corrected chi connectivity index (χ1v) is 8.65. The molecule has 1 heterocycles. The number of hydrogen-bond donors (Lipinski definition) is 1. The van der Waals surface area contributed by atoms with Gasteiger partial charge in [-0.2, -0.15) is 0 Å². The lowest BCUT2D eigenvalue weighted by Gasteiger charge is -2.20. The van der Waals surface area contributed by atoms with Crippen molar-refractivity contribution in [3.05, 3.63) is 77.3 Å². The minimum atomic E-state index is -0.257. The van der Waals surface area contributed by atoms with Crippen molar-refractivity contribution in [2.75, 3.05) is 18.5 Å². The smallest absolute Gasteiger partial charge is 0.255 e. The van der Waals surface area contributed by atoms with E-state index in [1.54, 1.807) is 12.1 Å². The van der Waals surface area contributed by atoms with Crippen LogP contribution in [0.15, 0.2) is 66.7 Å². The molecule has 0 aromatic heterocycles. The lowest BCUT2D eigenvalue weighted by Crippen LogP contribution is -2.18. The number of hydrogen-bond acceptors (Lipinski definition) is 3. The van der Waals surface area contributed by atoms with Gasteiger partial charge < -0.3 is 14.8 Å². The van der Waals surface area contributed by atoms with Gasteiger partial charge in [-0.15, -0.1) is 0 Å². The summed E-state index contributed by atoms with van der Waals surface area (Å²) in [5, 5.41) is 3.33. The van der Waals surface area contributed by atoms with Crippen molar-refractivity contribution >= 4 is 23.2 Å². The number of nitrogens with one attached hydrogen (secondary N) is 1. The van der Waals surface area contributed by atoms with E-state index in [0.29, 0.717) is 35.3 Å². The van der Waals surface area contributed by atoms with Crippen molar-refractivity contribution in [1.29, 1.82) is 0 Å². The zero-order valence-electron chi connectivity index (χ0n) is 13.9. The molecular weight excluding hydrogens is 350 g/mol. The van der Waals surface area contributed by atoms with Gasteiger partial charge in [0.05, 0.1) is 5.02 Å². The second-order valence-electron chi connectivity index (χ2n) is 5.85. The third-order valence-corrected chi connectivity index (χ3v) is 4.40. The van der Waals surface area contributed by atoms with E-state index in [0.717, 1.165) is 16.8 Å². The number of para-hydroxylation sites is 1. The molecule has 4 nitrogen and oxygen atoms in total. The minimum Gasteiger partial charge on any atom is -0.486 e. The number of carbonyl (C=O) groups excluding carboxylic acids is 1. The Morgan fingerprint density at radius 1 is 0.923 bits per heavy atom. The molecule has 130 valence electrons. The van der Waals surface area contributed by atoms with E-state index in [1.807, 2.05) is 54.6 Å². The summed E-state index contributed by atoms with van der Waals surface area (Å²) in [6, 6.07) is 20.8. The number of fused-ring (bicyclic) bond motifs is 1. The van der Waals surface area contributed by atoms with Crippen LogP contribution in [0.5, 0.6) is 11.5 Å². The lowest BCUT2D eigenvalue weighted by molar-refractivity contribution is 0.102. The molecule has 4 rings (SSSR count). The molecule has 0 fully saturated rings. The van der Waals surface area contributed by atoms with Gasteiger partial charge in [0.1, 0.15) is 13.2 Å². The topological polar surface area (TPSA) is 47.6 Å². The fourth-order valence-electron chi connectivity index (χ4n) is 2.90. The van der Waals surface area contributed by atoms with E-state index in [9.17, 15) is 4.79 Å².